The zero-order valence-electron chi connectivity index (χ0n) is 14.0. The first-order valence-corrected chi connectivity index (χ1v) is 9.01. The van der Waals surface area contributed by atoms with E-state index in [0.29, 0.717) is 0 Å². The lowest BCUT2D eigenvalue weighted by Gasteiger charge is -2.34. The fourth-order valence-electron chi connectivity index (χ4n) is 4.45. The van der Waals surface area contributed by atoms with Gasteiger partial charge in [-0.3, -0.25) is 9.80 Å². The van der Waals surface area contributed by atoms with E-state index in [1.54, 1.807) is 0 Å². The van der Waals surface area contributed by atoms with Gasteiger partial charge in [0.2, 0.25) is 0 Å². The van der Waals surface area contributed by atoms with E-state index in [1.165, 1.54) is 11.1 Å². The van der Waals surface area contributed by atoms with Gasteiger partial charge in [0, 0.05) is 17.2 Å². The second-order valence-electron chi connectivity index (χ2n) is 7.03. The number of allylic oxidation sites excluding steroid dienone is 1. The van der Waals surface area contributed by atoms with Gasteiger partial charge >= 0.3 is 0 Å². The Balaban J connectivity index is 1.59. The van der Waals surface area contributed by atoms with Crippen LogP contribution in [0.2, 0.25) is 0 Å². The second kappa shape index (κ2) is 5.74. The lowest BCUT2D eigenvalue weighted by atomic mass is 9.86. The van der Waals surface area contributed by atoms with Crippen LogP contribution in [0.1, 0.15) is 42.3 Å². The third-order valence-corrected chi connectivity index (χ3v) is 5.62. The fraction of sp³-hybridized carbons (Fsp3) is 0.286. The van der Waals surface area contributed by atoms with Crippen molar-refractivity contribution in [2.75, 3.05) is 0 Å². The van der Waals surface area contributed by atoms with Crippen molar-refractivity contribution in [3.8, 4) is 0 Å². The quantitative estimate of drug-likeness (QED) is 0.888. The summed E-state index contributed by atoms with van der Waals surface area (Å²) in [4.78, 5) is 13.0. The molecule has 25 heavy (non-hydrogen) atoms. The number of nitrogens with zero attached hydrogens (tertiary/aromatic N) is 1. The molecule has 3 atom stereocenters. The third kappa shape index (κ3) is 2.29. The monoisotopic (exact) mass is 331 g/mol. The van der Waals surface area contributed by atoms with E-state index in [-0.39, 0.29) is 24.0 Å². The Hall–Kier alpha value is -2.59. The molecular formula is C21H21N3O. The summed E-state index contributed by atoms with van der Waals surface area (Å²) < 4.78 is 0. The van der Waals surface area contributed by atoms with Gasteiger partial charge in [0.1, 0.15) is 6.17 Å². The fourth-order valence-corrected chi connectivity index (χ4v) is 4.45. The molecule has 0 saturated carbocycles. The smallest absolute Gasteiger partial charge is 0.267 e. The maximum absolute atomic E-state index is 13.0. The van der Waals surface area contributed by atoms with Gasteiger partial charge in [-0.1, -0.05) is 60.7 Å². The van der Waals surface area contributed by atoms with Crippen molar-refractivity contribution in [1.82, 2.24) is 15.8 Å². The van der Waals surface area contributed by atoms with Crippen LogP contribution in [0.3, 0.4) is 0 Å². The molecule has 126 valence electrons. The molecule has 2 aromatic rings. The van der Waals surface area contributed by atoms with Crippen LogP contribution in [0.4, 0.5) is 0 Å². The summed E-state index contributed by atoms with van der Waals surface area (Å²) >= 11 is 0. The number of nitrogens with one attached hydrogen (secondary N) is 2. The highest BCUT2D eigenvalue weighted by molar-refractivity contribution is 5.95. The summed E-state index contributed by atoms with van der Waals surface area (Å²) in [5.41, 5.74) is 8.08. The predicted molar refractivity (Wildman–Crippen MR) is 96.1 cm³/mol. The Labute approximate surface area is 147 Å². The largest absolute Gasteiger partial charge is 0.366 e. The summed E-state index contributed by atoms with van der Waals surface area (Å²) in [5.74, 6) is 0.317. The number of carbonyl (C=O) groups excluding carboxylic acids is 1. The molecule has 3 unspecified atom stereocenters. The summed E-state index contributed by atoms with van der Waals surface area (Å²) in [5, 5.41) is 5.51. The first-order chi connectivity index (χ1) is 12.3. The summed E-state index contributed by atoms with van der Waals surface area (Å²) in [6.45, 7) is 0. The standard InChI is InChI=1S/C21H21N3O/c25-21-16-12-7-13-17(16)22-20-18(14-8-3-1-4-9-14)19(23-24(20)21)15-10-5-2-6-11-15/h1-6,8-11,18-20,22-23H,7,12-13H2. The first kappa shape index (κ1) is 14.7. The van der Waals surface area contributed by atoms with E-state index >= 15 is 0 Å². The number of hydrogen-bond donors (Lipinski definition) is 2. The van der Waals surface area contributed by atoms with Crippen molar-refractivity contribution in [2.24, 2.45) is 0 Å². The Morgan fingerprint density at radius 2 is 1.56 bits per heavy atom. The molecular weight excluding hydrogens is 310 g/mol. The molecule has 4 heteroatoms. The van der Waals surface area contributed by atoms with Gasteiger partial charge in [0.25, 0.3) is 5.91 Å². The number of hydrogen-bond acceptors (Lipinski definition) is 3. The molecule has 1 fully saturated rings. The number of amides is 1. The van der Waals surface area contributed by atoms with Crippen LogP contribution >= 0.6 is 0 Å². The van der Waals surface area contributed by atoms with E-state index in [1.807, 2.05) is 17.1 Å². The van der Waals surface area contributed by atoms with E-state index in [4.69, 9.17) is 0 Å². The van der Waals surface area contributed by atoms with Gasteiger partial charge in [0.15, 0.2) is 0 Å². The molecule has 0 spiro atoms. The number of fused-ring (bicyclic) bond motifs is 1. The molecule has 2 N–H and O–H groups in total. The average Bonchev–Trinajstić information content (AvgIpc) is 3.28. The molecule has 2 heterocycles. The Kier molecular flexibility index (Phi) is 3.38. The maximum atomic E-state index is 13.0. The average molecular weight is 331 g/mol. The topological polar surface area (TPSA) is 44.4 Å². The summed E-state index contributed by atoms with van der Waals surface area (Å²) in [6.07, 6.45) is 2.90. The molecule has 1 amide bonds. The molecule has 3 aliphatic rings. The molecule has 0 aromatic heterocycles. The molecule has 1 aliphatic carbocycles. The first-order valence-electron chi connectivity index (χ1n) is 9.01. The van der Waals surface area contributed by atoms with E-state index in [0.717, 1.165) is 30.5 Å². The second-order valence-corrected chi connectivity index (χ2v) is 7.03. The maximum Gasteiger partial charge on any atom is 0.267 e. The lowest BCUT2D eigenvalue weighted by molar-refractivity contribution is -0.132. The van der Waals surface area contributed by atoms with Gasteiger partial charge in [0.05, 0.1) is 6.04 Å². The minimum Gasteiger partial charge on any atom is -0.366 e. The molecule has 2 aliphatic heterocycles. The summed E-state index contributed by atoms with van der Waals surface area (Å²) in [7, 11) is 0. The van der Waals surface area contributed by atoms with Crippen LogP contribution < -0.4 is 10.7 Å². The highest BCUT2D eigenvalue weighted by Gasteiger charge is 2.49. The van der Waals surface area contributed by atoms with Gasteiger partial charge in [-0.25, -0.2) is 5.43 Å². The highest BCUT2D eigenvalue weighted by Crippen LogP contribution is 2.44. The van der Waals surface area contributed by atoms with Crippen molar-refractivity contribution in [1.29, 1.82) is 0 Å². The zero-order chi connectivity index (χ0) is 16.8. The van der Waals surface area contributed by atoms with Crippen LogP contribution in [-0.2, 0) is 4.79 Å². The van der Waals surface area contributed by atoms with Crippen LogP contribution in [0.25, 0.3) is 0 Å². The van der Waals surface area contributed by atoms with Crippen molar-refractivity contribution < 1.29 is 4.79 Å². The Morgan fingerprint density at radius 3 is 2.28 bits per heavy atom. The van der Waals surface area contributed by atoms with E-state index in [2.05, 4.69) is 59.3 Å². The Morgan fingerprint density at radius 1 is 0.880 bits per heavy atom. The lowest BCUT2D eigenvalue weighted by Crippen LogP contribution is -2.54. The number of hydrazine groups is 1. The predicted octanol–water partition coefficient (Wildman–Crippen LogP) is 3.23. The minimum atomic E-state index is -0.0445. The zero-order valence-corrected chi connectivity index (χ0v) is 14.0. The molecule has 0 bridgehead atoms. The van der Waals surface area contributed by atoms with Crippen molar-refractivity contribution in [2.45, 2.75) is 37.4 Å². The molecule has 5 rings (SSSR count). The normalized spacial score (nSPS) is 27.9. The van der Waals surface area contributed by atoms with Crippen molar-refractivity contribution >= 4 is 5.91 Å². The van der Waals surface area contributed by atoms with Gasteiger partial charge in [-0.05, 0) is 30.4 Å². The van der Waals surface area contributed by atoms with Crippen LogP contribution in [0.15, 0.2) is 71.9 Å². The number of benzene rings is 2. The number of rotatable bonds is 2. The minimum absolute atomic E-state index is 0.0445. The van der Waals surface area contributed by atoms with Crippen molar-refractivity contribution in [3.63, 3.8) is 0 Å². The van der Waals surface area contributed by atoms with Crippen LogP contribution in [0, 0.1) is 0 Å². The third-order valence-electron chi connectivity index (χ3n) is 5.62. The molecule has 2 aromatic carbocycles. The van der Waals surface area contributed by atoms with E-state index in [9.17, 15) is 4.79 Å². The molecule has 1 saturated heterocycles. The molecule has 0 radical (unpaired) electrons. The van der Waals surface area contributed by atoms with Crippen LogP contribution in [-0.4, -0.2) is 17.1 Å². The van der Waals surface area contributed by atoms with E-state index < -0.39 is 0 Å². The molecule has 4 nitrogen and oxygen atoms in total. The SMILES string of the molecule is O=C1C2=C(CCC2)NC2C(c3ccccc3)C(c3ccccc3)NN12. The van der Waals surface area contributed by atoms with Crippen LogP contribution in [0.5, 0.6) is 0 Å². The van der Waals surface area contributed by atoms with Gasteiger partial charge < -0.3 is 5.32 Å². The Bertz CT molecular complexity index is 831. The number of carbonyl (C=O) groups is 1. The highest BCUT2D eigenvalue weighted by atomic mass is 16.2. The van der Waals surface area contributed by atoms with Gasteiger partial charge in [-0.2, -0.15) is 0 Å². The van der Waals surface area contributed by atoms with Gasteiger partial charge in [-0.15, -0.1) is 0 Å². The summed E-state index contributed by atoms with van der Waals surface area (Å²) in [6, 6.07) is 21.0. The van der Waals surface area contributed by atoms with Crippen molar-refractivity contribution in [3.05, 3.63) is 83.1 Å².